The minimum absolute atomic E-state index is 0.0468. The zero-order chi connectivity index (χ0) is 25.9. The van der Waals surface area contributed by atoms with Crippen molar-refractivity contribution in [1.29, 1.82) is 0 Å². The van der Waals surface area contributed by atoms with Crippen LogP contribution >= 0.6 is 0 Å². The SMILES string of the molecule is NC(CCC(=O)O)C(=O)N1CCC(Nc2nccc(-c3c(-c4ccc(F)cc4)nc4occn34)n2)CC1. The molecule has 0 spiro atoms. The van der Waals surface area contributed by atoms with Crippen LogP contribution in [0.3, 0.4) is 0 Å². The number of piperidine rings is 1. The predicted octanol–water partition coefficient (Wildman–Crippen LogP) is 2.79. The zero-order valence-electron chi connectivity index (χ0n) is 19.9. The molecule has 0 radical (unpaired) electrons. The van der Waals surface area contributed by atoms with E-state index in [9.17, 15) is 14.0 Å². The molecule has 5 rings (SSSR count). The Morgan fingerprint density at radius 2 is 1.95 bits per heavy atom. The van der Waals surface area contributed by atoms with Gasteiger partial charge in [-0.05, 0) is 49.6 Å². The van der Waals surface area contributed by atoms with Crippen LogP contribution in [0.2, 0.25) is 0 Å². The van der Waals surface area contributed by atoms with Gasteiger partial charge in [-0.15, -0.1) is 0 Å². The Balaban J connectivity index is 1.29. The maximum Gasteiger partial charge on any atom is 0.306 e. The number of benzene rings is 1. The van der Waals surface area contributed by atoms with Crippen LogP contribution in [0, 0.1) is 5.82 Å². The van der Waals surface area contributed by atoms with E-state index in [1.54, 1.807) is 39.9 Å². The lowest BCUT2D eigenvalue weighted by Gasteiger charge is -2.33. The summed E-state index contributed by atoms with van der Waals surface area (Å²) in [4.78, 5) is 38.6. The highest BCUT2D eigenvalue weighted by molar-refractivity contribution is 5.82. The fourth-order valence-electron chi connectivity index (χ4n) is 4.46. The minimum atomic E-state index is -0.970. The summed E-state index contributed by atoms with van der Waals surface area (Å²) in [7, 11) is 0. The number of amides is 1. The number of aromatic nitrogens is 4. The smallest absolute Gasteiger partial charge is 0.306 e. The number of fused-ring (bicyclic) bond motifs is 1. The molecule has 0 aliphatic carbocycles. The van der Waals surface area contributed by atoms with Gasteiger partial charge in [0.2, 0.25) is 11.9 Å². The quantitative estimate of drug-likeness (QED) is 0.327. The molecule has 4 heterocycles. The molecule has 4 N–H and O–H groups in total. The molecule has 3 aromatic heterocycles. The number of imidazole rings is 1. The van der Waals surface area contributed by atoms with Crippen molar-refractivity contribution in [3.8, 4) is 22.6 Å². The summed E-state index contributed by atoms with van der Waals surface area (Å²) in [5.74, 6) is -0.708. The summed E-state index contributed by atoms with van der Waals surface area (Å²) in [6.45, 7) is 1.01. The van der Waals surface area contributed by atoms with E-state index < -0.39 is 12.0 Å². The van der Waals surface area contributed by atoms with Crippen molar-refractivity contribution >= 4 is 23.7 Å². The van der Waals surface area contributed by atoms with Crippen molar-refractivity contribution in [2.45, 2.75) is 37.8 Å². The third-order valence-corrected chi connectivity index (χ3v) is 6.40. The number of hydrogen-bond donors (Lipinski definition) is 3. The number of carboxylic acid groups (broad SMARTS) is 1. The lowest BCUT2D eigenvalue weighted by Crippen LogP contribution is -2.49. The van der Waals surface area contributed by atoms with Gasteiger partial charge < -0.3 is 25.5 Å². The molecule has 11 nitrogen and oxygen atoms in total. The molecule has 0 bridgehead atoms. The van der Waals surface area contributed by atoms with Crippen LogP contribution in [0.4, 0.5) is 10.3 Å². The van der Waals surface area contributed by atoms with Crippen molar-refractivity contribution in [2.24, 2.45) is 5.73 Å². The Morgan fingerprint density at radius 1 is 1.19 bits per heavy atom. The first-order valence-electron chi connectivity index (χ1n) is 12.0. The summed E-state index contributed by atoms with van der Waals surface area (Å²) in [5, 5.41) is 12.2. The second kappa shape index (κ2) is 10.3. The van der Waals surface area contributed by atoms with Crippen molar-refractivity contribution in [3.05, 3.63) is 54.8 Å². The van der Waals surface area contributed by atoms with Gasteiger partial charge >= 0.3 is 11.8 Å². The lowest BCUT2D eigenvalue weighted by atomic mass is 10.0. The van der Waals surface area contributed by atoms with Gasteiger partial charge in [-0.25, -0.2) is 14.4 Å². The highest BCUT2D eigenvalue weighted by Crippen LogP contribution is 2.32. The Hall–Kier alpha value is -4.32. The number of hydrogen-bond acceptors (Lipinski definition) is 8. The molecule has 37 heavy (non-hydrogen) atoms. The number of nitrogens with zero attached hydrogens (tertiary/aromatic N) is 5. The van der Waals surface area contributed by atoms with E-state index >= 15 is 0 Å². The molecule has 4 aromatic rings. The highest BCUT2D eigenvalue weighted by Gasteiger charge is 2.27. The van der Waals surface area contributed by atoms with Crippen LogP contribution in [-0.4, -0.2) is 66.4 Å². The lowest BCUT2D eigenvalue weighted by molar-refractivity contribution is -0.137. The van der Waals surface area contributed by atoms with Crippen molar-refractivity contribution in [3.63, 3.8) is 0 Å². The van der Waals surface area contributed by atoms with Gasteiger partial charge in [-0.1, -0.05) is 0 Å². The van der Waals surface area contributed by atoms with Gasteiger partial charge in [0.25, 0.3) is 0 Å². The topological polar surface area (TPSA) is 152 Å². The molecular weight excluding hydrogens is 481 g/mol. The Morgan fingerprint density at radius 3 is 2.68 bits per heavy atom. The van der Waals surface area contributed by atoms with Gasteiger partial charge in [0.1, 0.15) is 23.5 Å². The third kappa shape index (κ3) is 5.28. The van der Waals surface area contributed by atoms with E-state index in [1.165, 1.54) is 18.4 Å². The average molecular weight is 508 g/mol. The van der Waals surface area contributed by atoms with Gasteiger partial charge in [0.15, 0.2) is 0 Å². The van der Waals surface area contributed by atoms with Gasteiger partial charge in [0, 0.05) is 43.5 Å². The van der Waals surface area contributed by atoms with Crippen LogP contribution in [0.1, 0.15) is 25.7 Å². The van der Waals surface area contributed by atoms with Crippen molar-refractivity contribution in [2.75, 3.05) is 18.4 Å². The average Bonchev–Trinajstić information content (AvgIpc) is 3.49. The monoisotopic (exact) mass is 507 g/mol. The molecule has 1 fully saturated rings. The molecule has 1 amide bonds. The van der Waals surface area contributed by atoms with Gasteiger partial charge in [0.05, 0.1) is 11.7 Å². The molecule has 1 aromatic carbocycles. The fraction of sp³-hybridized carbons (Fsp3) is 0.320. The number of carbonyl (C=O) groups is 2. The predicted molar refractivity (Wildman–Crippen MR) is 132 cm³/mol. The van der Waals surface area contributed by atoms with Crippen LogP contribution in [0.5, 0.6) is 0 Å². The number of anilines is 1. The summed E-state index contributed by atoms with van der Waals surface area (Å²) < 4.78 is 20.8. The van der Waals surface area contributed by atoms with E-state index in [0.29, 0.717) is 54.8 Å². The van der Waals surface area contributed by atoms with Crippen LogP contribution in [0.25, 0.3) is 28.5 Å². The van der Waals surface area contributed by atoms with Gasteiger partial charge in [-0.3, -0.25) is 14.0 Å². The normalized spacial score (nSPS) is 15.1. The third-order valence-electron chi connectivity index (χ3n) is 6.40. The first kappa shape index (κ1) is 24.4. The fourth-order valence-corrected chi connectivity index (χ4v) is 4.46. The first-order valence-corrected chi connectivity index (χ1v) is 12.0. The van der Waals surface area contributed by atoms with E-state index in [1.807, 2.05) is 0 Å². The Bertz CT molecular complexity index is 1410. The largest absolute Gasteiger partial charge is 0.481 e. The summed E-state index contributed by atoms with van der Waals surface area (Å²) in [6.07, 6.45) is 6.25. The van der Waals surface area contributed by atoms with E-state index in [2.05, 4.69) is 15.3 Å². The van der Waals surface area contributed by atoms with Crippen LogP contribution < -0.4 is 11.1 Å². The number of likely N-dealkylation sites (tertiary alicyclic amines) is 1. The second-order valence-electron chi connectivity index (χ2n) is 8.92. The summed E-state index contributed by atoms with van der Waals surface area (Å²) in [6, 6.07) is 7.07. The number of nitrogens with one attached hydrogen (secondary N) is 1. The van der Waals surface area contributed by atoms with Gasteiger partial charge in [-0.2, -0.15) is 4.98 Å². The Kier molecular flexibility index (Phi) is 6.82. The maximum absolute atomic E-state index is 13.5. The molecule has 192 valence electrons. The second-order valence-corrected chi connectivity index (χ2v) is 8.92. The molecule has 1 unspecified atom stereocenters. The molecular formula is C25H26FN7O4. The van der Waals surface area contributed by atoms with Crippen molar-refractivity contribution < 1.29 is 23.5 Å². The first-order chi connectivity index (χ1) is 17.9. The molecule has 1 saturated heterocycles. The number of aliphatic carboxylic acids is 1. The van der Waals surface area contributed by atoms with E-state index in [-0.39, 0.29) is 30.6 Å². The molecule has 1 aliphatic heterocycles. The summed E-state index contributed by atoms with van der Waals surface area (Å²) >= 11 is 0. The number of carboxylic acids is 1. The Labute approximate surface area is 211 Å². The number of nitrogens with two attached hydrogens (primary N) is 1. The number of halogens is 1. The van der Waals surface area contributed by atoms with Crippen molar-refractivity contribution in [1.82, 2.24) is 24.3 Å². The van der Waals surface area contributed by atoms with Crippen LogP contribution in [0.15, 0.2) is 53.4 Å². The zero-order valence-corrected chi connectivity index (χ0v) is 19.9. The highest BCUT2D eigenvalue weighted by atomic mass is 19.1. The number of rotatable bonds is 8. The van der Waals surface area contributed by atoms with E-state index in [0.717, 1.165) is 5.56 Å². The maximum atomic E-state index is 13.5. The summed E-state index contributed by atoms with van der Waals surface area (Å²) in [5.41, 5.74) is 8.52. The number of oxazole rings is 1. The standard InChI is InChI=1S/C25H26FN7O4/c26-16-3-1-15(2-4-16)21-22(33-13-14-37-25(33)31-21)19-7-10-28-24(30-19)29-17-8-11-32(12-9-17)23(36)18(27)5-6-20(34)35/h1-4,7,10,13-14,17-18H,5-6,8-9,11-12,27H2,(H,34,35)(H,28,29,30). The number of carbonyl (C=O) groups excluding carboxylic acids is 1. The molecule has 0 saturated carbocycles. The molecule has 1 aliphatic rings. The van der Waals surface area contributed by atoms with E-state index in [4.69, 9.17) is 20.2 Å². The molecule has 12 heteroatoms. The van der Waals surface area contributed by atoms with Crippen LogP contribution in [-0.2, 0) is 9.59 Å². The minimum Gasteiger partial charge on any atom is -0.481 e. The molecule has 1 atom stereocenters.